The molecule has 0 saturated carbocycles. The van der Waals surface area contributed by atoms with Crippen LogP contribution in [-0.4, -0.2) is 6.61 Å². The van der Waals surface area contributed by atoms with Crippen molar-refractivity contribution in [3.8, 4) is 5.75 Å². The number of aryl methyl sites for hydroxylation is 1. The van der Waals surface area contributed by atoms with Gasteiger partial charge in [-0.05, 0) is 30.5 Å². The van der Waals surface area contributed by atoms with Gasteiger partial charge in [-0.1, -0.05) is 55.8 Å². The summed E-state index contributed by atoms with van der Waals surface area (Å²) in [7, 11) is 0. The minimum absolute atomic E-state index is 0.144. The zero-order chi connectivity index (χ0) is 14.4. The smallest absolute Gasteiger partial charge is 0.124 e. The van der Waals surface area contributed by atoms with Gasteiger partial charge < -0.3 is 10.5 Å². The van der Waals surface area contributed by atoms with Gasteiger partial charge in [-0.3, -0.25) is 0 Å². The molecule has 1 unspecified atom stereocenters. The molecule has 2 aromatic carbocycles. The third-order valence-corrected chi connectivity index (χ3v) is 3.40. The predicted molar refractivity (Wildman–Crippen MR) is 84.1 cm³/mol. The van der Waals surface area contributed by atoms with Crippen LogP contribution in [0.5, 0.6) is 5.75 Å². The van der Waals surface area contributed by atoms with Crippen molar-refractivity contribution in [2.75, 3.05) is 6.61 Å². The molecule has 0 aliphatic heterocycles. The van der Waals surface area contributed by atoms with E-state index < -0.39 is 0 Å². The van der Waals surface area contributed by atoms with Crippen LogP contribution in [0.25, 0.3) is 0 Å². The van der Waals surface area contributed by atoms with E-state index >= 15 is 0 Å². The summed E-state index contributed by atoms with van der Waals surface area (Å²) in [5.41, 5.74) is 9.96. The fourth-order valence-electron chi connectivity index (χ4n) is 2.43. The Bertz CT molecular complexity index is 551. The average Bonchev–Trinajstić information content (AvgIpc) is 2.48. The van der Waals surface area contributed by atoms with E-state index in [2.05, 4.69) is 31.2 Å². The molecule has 2 rings (SSSR count). The number of hydrogen-bond donors (Lipinski definition) is 1. The molecule has 0 bridgehead atoms. The number of ether oxygens (including phenoxy) is 1. The Morgan fingerprint density at radius 1 is 1.05 bits per heavy atom. The largest absolute Gasteiger partial charge is 0.494 e. The van der Waals surface area contributed by atoms with Gasteiger partial charge in [-0.2, -0.15) is 0 Å². The van der Waals surface area contributed by atoms with Crippen LogP contribution in [0.2, 0.25) is 0 Å². The zero-order valence-electron chi connectivity index (χ0n) is 12.3. The highest BCUT2D eigenvalue weighted by Gasteiger charge is 2.14. The predicted octanol–water partition coefficient (Wildman–Crippen LogP) is 4.09. The van der Waals surface area contributed by atoms with Crippen molar-refractivity contribution in [2.45, 2.75) is 32.7 Å². The van der Waals surface area contributed by atoms with Crippen molar-refractivity contribution in [1.82, 2.24) is 0 Å². The van der Waals surface area contributed by atoms with E-state index in [1.807, 2.05) is 31.2 Å². The van der Waals surface area contributed by atoms with Crippen LogP contribution in [0.3, 0.4) is 0 Å². The van der Waals surface area contributed by atoms with Crippen molar-refractivity contribution < 1.29 is 4.74 Å². The van der Waals surface area contributed by atoms with Gasteiger partial charge >= 0.3 is 0 Å². The zero-order valence-corrected chi connectivity index (χ0v) is 12.3. The fraction of sp³-hybridized carbons (Fsp3) is 0.333. The van der Waals surface area contributed by atoms with Gasteiger partial charge in [-0.15, -0.1) is 0 Å². The molecule has 2 aromatic rings. The maximum Gasteiger partial charge on any atom is 0.124 e. The molecule has 0 spiro atoms. The van der Waals surface area contributed by atoms with E-state index in [1.165, 1.54) is 5.56 Å². The number of benzene rings is 2. The first-order valence-corrected chi connectivity index (χ1v) is 7.32. The van der Waals surface area contributed by atoms with E-state index in [4.69, 9.17) is 10.5 Å². The summed E-state index contributed by atoms with van der Waals surface area (Å²) in [5, 5.41) is 0. The van der Waals surface area contributed by atoms with Gasteiger partial charge in [-0.25, -0.2) is 0 Å². The Morgan fingerprint density at radius 2 is 1.85 bits per heavy atom. The van der Waals surface area contributed by atoms with Crippen molar-refractivity contribution in [1.29, 1.82) is 0 Å². The number of rotatable bonds is 6. The molecule has 0 aromatic heterocycles. The SMILES string of the molecule is CCCc1cccc(C(N)c2ccccc2OCC)c1. The third kappa shape index (κ3) is 3.40. The topological polar surface area (TPSA) is 35.2 Å². The van der Waals surface area contributed by atoms with E-state index in [1.54, 1.807) is 0 Å². The Hall–Kier alpha value is -1.80. The second-order valence-electron chi connectivity index (χ2n) is 4.94. The van der Waals surface area contributed by atoms with Crippen molar-refractivity contribution in [3.05, 3.63) is 65.2 Å². The first-order chi connectivity index (χ1) is 9.76. The molecule has 0 heterocycles. The summed E-state index contributed by atoms with van der Waals surface area (Å²) in [6, 6.07) is 16.4. The molecule has 0 aliphatic carbocycles. The Balaban J connectivity index is 2.30. The van der Waals surface area contributed by atoms with Crippen LogP contribution in [0.4, 0.5) is 0 Å². The number of hydrogen-bond acceptors (Lipinski definition) is 2. The van der Waals surface area contributed by atoms with Gasteiger partial charge in [0.05, 0.1) is 12.6 Å². The summed E-state index contributed by atoms with van der Waals surface area (Å²) < 4.78 is 5.68. The molecular weight excluding hydrogens is 246 g/mol. The van der Waals surface area contributed by atoms with Crippen LogP contribution in [0.1, 0.15) is 43.0 Å². The van der Waals surface area contributed by atoms with Gasteiger partial charge in [0.25, 0.3) is 0 Å². The van der Waals surface area contributed by atoms with Crippen LogP contribution in [0, 0.1) is 0 Å². The fourth-order valence-corrected chi connectivity index (χ4v) is 2.43. The monoisotopic (exact) mass is 269 g/mol. The Kier molecular flexibility index (Phi) is 5.19. The van der Waals surface area contributed by atoms with Crippen LogP contribution >= 0.6 is 0 Å². The van der Waals surface area contributed by atoms with Gasteiger partial charge in [0.2, 0.25) is 0 Å². The lowest BCUT2D eigenvalue weighted by atomic mass is 9.96. The quantitative estimate of drug-likeness (QED) is 0.857. The molecule has 20 heavy (non-hydrogen) atoms. The standard InChI is InChI=1S/C18H23NO/c1-3-8-14-9-7-10-15(13-14)18(19)16-11-5-6-12-17(16)20-4-2/h5-7,9-13,18H,3-4,8,19H2,1-2H3. The summed E-state index contributed by atoms with van der Waals surface area (Å²) in [6.45, 7) is 4.83. The summed E-state index contributed by atoms with van der Waals surface area (Å²) in [6.07, 6.45) is 2.24. The lowest BCUT2D eigenvalue weighted by Crippen LogP contribution is -2.13. The lowest BCUT2D eigenvalue weighted by molar-refractivity contribution is 0.335. The average molecular weight is 269 g/mol. The Labute approximate surface area is 121 Å². The Morgan fingerprint density at radius 3 is 2.60 bits per heavy atom. The molecule has 0 amide bonds. The number of para-hydroxylation sites is 1. The highest BCUT2D eigenvalue weighted by molar-refractivity contribution is 5.42. The van der Waals surface area contributed by atoms with E-state index in [0.717, 1.165) is 29.7 Å². The summed E-state index contributed by atoms with van der Waals surface area (Å²) in [4.78, 5) is 0. The van der Waals surface area contributed by atoms with Crippen molar-refractivity contribution >= 4 is 0 Å². The molecule has 0 saturated heterocycles. The van der Waals surface area contributed by atoms with Crippen molar-refractivity contribution in [2.24, 2.45) is 5.73 Å². The normalized spacial score (nSPS) is 12.2. The van der Waals surface area contributed by atoms with Crippen LogP contribution in [0.15, 0.2) is 48.5 Å². The molecule has 0 fully saturated rings. The summed E-state index contributed by atoms with van der Waals surface area (Å²) in [5.74, 6) is 0.878. The minimum Gasteiger partial charge on any atom is -0.494 e. The van der Waals surface area contributed by atoms with Crippen LogP contribution in [-0.2, 0) is 6.42 Å². The summed E-state index contributed by atoms with van der Waals surface area (Å²) >= 11 is 0. The molecule has 106 valence electrons. The van der Waals surface area contributed by atoms with E-state index in [0.29, 0.717) is 6.61 Å². The minimum atomic E-state index is -0.144. The first-order valence-electron chi connectivity index (χ1n) is 7.32. The molecule has 0 aliphatic rings. The van der Waals surface area contributed by atoms with Crippen molar-refractivity contribution in [3.63, 3.8) is 0 Å². The molecule has 2 nitrogen and oxygen atoms in total. The number of nitrogens with two attached hydrogens (primary N) is 1. The first kappa shape index (κ1) is 14.6. The molecule has 2 heteroatoms. The van der Waals surface area contributed by atoms with E-state index in [-0.39, 0.29) is 6.04 Å². The van der Waals surface area contributed by atoms with Gasteiger partial charge in [0, 0.05) is 5.56 Å². The van der Waals surface area contributed by atoms with Gasteiger partial charge in [0.15, 0.2) is 0 Å². The lowest BCUT2D eigenvalue weighted by Gasteiger charge is -2.17. The second-order valence-corrected chi connectivity index (χ2v) is 4.94. The van der Waals surface area contributed by atoms with Crippen LogP contribution < -0.4 is 10.5 Å². The van der Waals surface area contributed by atoms with Gasteiger partial charge in [0.1, 0.15) is 5.75 Å². The molecule has 1 atom stereocenters. The maximum atomic E-state index is 6.43. The highest BCUT2D eigenvalue weighted by atomic mass is 16.5. The van der Waals surface area contributed by atoms with E-state index in [9.17, 15) is 0 Å². The second kappa shape index (κ2) is 7.11. The highest BCUT2D eigenvalue weighted by Crippen LogP contribution is 2.28. The molecule has 2 N–H and O–H groups in total. The maximum absolute atomic E-state index is 6.43. The molecule has 0 radical (unpaired) electrons. The third-order valence-electron chi connectivity index (χ3n) is 3.40. The molecular formula is C18H23NO.